The minimum Gasteiger partial charge on any atom is -0.466 e. The lowest BCUT2D eigenvalue weighted by Crippen LogP contribution is -2.18. The minimum atomic E-state index is -0.166. The molecule has 0 heterocycles. The van der Waals surface area contributed by atoms with Gasteiger partial charge in [-0.15, -0.1) is 0 Å². The van der Waals surface area contributed by atoms with Crippen molar-refractivity contribution >= 4 is 5.97 Å². The predicted molar refractivity (Wildman–Crippen MR) is 59.0 cm³/mol. The van der Waals surface area contributed by atoms with Crippen LogP contribution >= 0.6 is 0 Å². The van der Waals surface area contributed by atoms with Crippen molar-refractivity contribution in [3.8, 4) is 0 Å². The molecule has 0 rings (SSSR count). The van der Waals surface area contributed by atoms with Gasteiger partial charge in [0.15, 0.2) is 0 Å². The average molecular weight is 200 g/mol. The number of rotatable bonds is 6. The van der Waals surface area contributed by atoms with Crippen LogP contribution in [0.25, 0.3) is 0 Å². The van der Waals surface area contributed by atoms with Crippen LogP contribution in [0.3, 0.4) is 0 Å². The van der Waals surface area contributed by atoms with Crippen LogP contribution in [0, 0.1) is 17.8 Å². The summed E-state index contributed by atoms with van der Waals surface area (Å²) < 4.78 is 5.06. The van der Waals surface area contributed by atoms with Gasteiger partial charge in [-0.25, -0.2) is 0 Å². The van der Waals surface area contributed by atoms with Gasteiger partial charge in [0, 0.05) is 6.92 Å². The van der Waals surface area contributed by atoms with Crippen molar-refractivity contribution in [1.82, 2.24) is 0 Å². The summed E-state index contributed by atoms with van der Waals surface area (Å²) in [6.07, 6.45) is 2.37. The molecule has 84 valence electrons. The quantitative estimate of drug-likeness (QED) is 0.615. The van der Waals surface area contributed by atoms with Gasteiger partial charge in [0.2, 0.25) is 0 Å². The summed E-state index contributed by atoms with van der Waals surface area (Å²) in [5.74, 6) is 1.67. The maximum Gasteiger partial charge on any atom is 0.302 e. The molecule has 0 fully saturated rings. The molecule has 0 aliphatic rings. The Bertz CT molecular complexity index is 162. The van der Waals surface area contributed by atoms with Crippen molar-refractivity contribution in [2.45, 2.75) is 47.5 Å². The van der Waals surface area contributed by atoms with E-state index in [9.17, 15) is 4.79 Å². The zero-order valence-electron chi connectivity index (χ0n) is 10.2. The first kappa shape index (κ1) is 13.5. The third-order valence-corrected chi connectivity index (χ3v) is 2.56. The van der Waals surface area contributed by atoms with E-state index in [4.69, 9.17) is 4.74 Å². The highest BCUT2D eigenvalue weighted by Gasteiger charge is 2.15. The summed E-state index contributed by atoms with van der Waals surface area (Å²) in [4.78, 5) is 10.7. The zero-order chi connectivity index (χ0) is 11.1. The van der Waals surface area contributed by atoms with E-state index in [1.54, 1.807) is 0 Å². The second kappa shape index (κ2) is 6.86. The predicted octanol–water partition coefficient (Wildman–Crippen LogP) is 3.26. The second-order valence-corrected chi connectivity index (χ2v) is 4.78. The van der Waals surface area contributed by atoms with E-state index in [0.29, 0.717) is 18.4 Å². The monoisotopic (exact) mass is 200 g/mol. The molecule has 0 radical (unpaired) electrons. The van der Waals surface area contributed by atoms with Gasteiger partial charge < -0.3 is 4.74 Å². The number of hydrogen-bond acceptors (Lipinski definition) is 2. The third kappa shape index (κ3) is 6.93. The Morgan fingerprint density at radius 1 is 1.14 bits per heavy atom. The molecule has 0 aromatic heterocycles. The van der Waals surface area contributed by atoms with Crippen molar-refractivity contribution in [2.75, 3.05) is 6.61 Å². The normalized spacial score (nSPS) is 13.4. The van der Waals surface area contributed by atoms with Crippen LogP contribution < -0.4 is 0 Å². The fourth-order valence-corrected chi connectivity index (χ4v) is 1.38. The van der Waals surface area contributed by atoms with Crippen molar-refractivity contribution in [3.63, 3.8) is 0 Å². The molecular formula is C12H24O2. The second-order valence-electron chi connectivity index (χ2n) is 4.78. The first-order chi connectivity index (χ1) is 6.43. The van der Waals surface area contributed by atoms with Gasteiger partial charge in [-0.2, -0.15) is 0 Å². The molecule has 0 aromatic rings. The van der Waals surface area contributed by atoms with Crippen LogP contribution in [-0.2, 0) is 9.53 Å². The Labute approximate surface area is 88.0 Å². The van der Waals surface area contributed by atoms with E-state index in [-0.39, 0.29) is 5.97 Å². The molecule has 0 N–H and O–H groups in total. The van der Waals surface area contributed by atoms with Crippen LogP contribution in [0.4, 0.5) is 0 Å². The topological polar surface area (TPSA) is 26.3 Å². The highest BCUT2D eigenvalue weighted by atomic mass is 16.5. The molecule has 14 heavy (non-hydrogen) atoms. The van der Waals surface area contributed by atoms with E-state index < -0.39 is 0 Å². The Hall–Kier alpha value is -0.530. The highest BCUT2D eigenvalue weighted by Crippen LogP contribution is 2.20. The lowest BCUT2D eigenvalue weighted by atomic mass is 9.89. The van der Waals surface area contributed by atoms with E-state index in [1.165, 1.54) is 13.3 Å². The molecule has 2 heteroatoms. The average Bonchev–Trinajstić information content (AvgIpc) is 2.02. The number of carbonyl (C=O) groups is 1. The highest BCUT2D eigenvalue weighted by molar-refractivity contribution is 5.65. The maximum absolute atomic E-state index is 10.7. The summed E-state index contributed by atoms with van der Waals surface area (Å²) >= 11 is 0. The summed E-state index contributed by atoms with van der Waals surface area (Å²) in [5, 5.41) is 0. The first-order valence-electron chi connectivity index (χ1n) is 5.56. The molecule has 2 nitrogen and oxygen atoms in total. The van der Waals surface area contributed by atoms with Crippen molar-refractivity contribution in [1.29, 1.82) is 0 Å². The van der Waals surface area contributed by atoms with Crippen molar-refractivity contribution in [3.05, 3.63) is 0 Å². The van der Waals surface area contributed by atoms with E-state index in [2.05, 4.69) is 27.7 Å². The fourth-order valence-electron chi connectivity index (χ4n) is 1.38. The van der Waals surface area contributed by atoms with Crippen LogP contribution in [0.5, 0.6) is 0 Å². The molecular weight excluding hydrogens is 176 g/mol. The van der Waals surface area contributed by atoms with Crippen LogP contribution in [0.15, 0.2) is 0 Å². The Morgan fingerprint density at radius 2 is 1.71 bits per heavy atom. The van der Waals surface area contributed by atoms with Gasteiger partial charge in [0.05, 0.1) is 6.61 Å². The van der Waals surface area contributed by atoms with Crippen molar-refractivity contribution < 1.29 is 9.53 Å². The van der Waals surface area contributed by atoms with Gasteiger partial charge in [0.1, 0.15) is 0 Å². The lowest BCUT2D eigenvalue weighted by Gasteiger charge is -2.21. The summed E-state index contributed by atoms with van der Waals surface area (Å²) in [6, 6.07) is 0. The van der Waals surface area contributed by atoms with Gasteiger partial charge in [-0.3, -0.25) is 4.79 Å². The summed E-state index contributed by atoms with van der Waals surface area (Å²) in [5.41, 5.74) is 0. The number of hydrogen-bond donors (Lipinski definition) is 0. The van der Waals surface area contributed by atoms with Crippen molar-refractivity contribution in [2.24, 2.45) is 17.8 Å². The molecule has 0 saturated heterocycles. The molecule has 1 unspecified atom stereocenters. The largest absolute Gasteiger partial charge is 0.466 e. The SMILES string of the molecule is CC(=O)OCC(CCC(C)C)C(C)C. The van der Waals surface area contributed by atoms with Crippen LogP contribution in [0.1, 0.15) is 47.5 Å². The molecule has 0 saturated carbocycles. The smallest absolute Gasteiger partial charge is 0.302 e. The molecule has 0 aromatic carbocycles. The Balaban J connectivity index is 3.84. The van der Waals surface area contributed by atoms with Gasteiger partial charge in [-0.05, 0) is 24.2 Å². The maximum atomic E-state index is 10.7. The lowest BCUT2D eigenvalue weighted by molar-refractivity contribution is -0.142. The molecule has 0 bridgehead atoms. The number of ether oxygens (including phenoxy) is 1. The van der Waals surface area contributed by atoms with E-state index in [1.807, 2.05) is 0 Å². The molecule has 0 aliphatic carbocycles. The fraction of sp³-hybridized carbons (Fsp3) is 0.917. The number of carbonyl (C=O) groups excluding carboxylic acids is 1. The molecule has 0 spiro atoms. The van der Waals surface area contributed by atoms with Gasteiger partial charge >= 0.3 is 5.97 Å². The minimum absolute atomic E-state index is 0.166. The van der Waals surface area contributed by atoms with Gasteiger partial charge in [-0.1, -0.05) is 34.1 Å². The summed E-state index contributed by atoms with van der Waals surface area (Å²) in [7, 11) is 0. The molecule has 1 atom stereocenters. The van der Waals surface area contributed by atoms with Gasteiger partial charge in [0.25, 0.3) is 0 Å². The van der Waals surface area contributed by atoms with Crippen LogP contribution in [0.2, 0.25) is 0 Å². The zero-order valence-corrected chi connectivity index (χ0v) is 10.2. The Kier molecular flexibility index (Phi) is 6.60. The van der Waals surface area contributed by atoms with Crippen LogP contribution in [-0.4, -0.2) is 12.6 Å². The molecule has 0 aliphatic heterocycles. The van der Waals surface area contributed by atoms with E-state index >= 15 is 0 Å². The number of esters is 1. The standard InChI is InChI=1S/C12H24O2/c1-9(2)6-7-12(10(3)4)8-14-11(5)13/h9-10,12H,6-8H2,1-5H3. The third-order valence-electron chi connectivity index (χ3n) is 2.56. The summed E-state index contributed by atoms with van der Waals surface area (Å²) in [6.45, 7) is 10.9. The first-order valence-corrected chi connectivity index (χ1v) is 5.56. The van der Waals surface area contributed by atoms with E-state index in [0.717, 1.165) is 12.3 Å². The Morgan fingerprint density at radius 3 is 2.07 bits per heavy atom. The molecule has 0 amide bonds.